The minimum absolute atomic E-state index is 0.0169. The van der Waals surface area contributed by atoms with Gasteiger partial charge in [-0.1, -0.05) is 65.8 Å². The summed E-state index contributed by atoms with van der Waals surface area (Å²) in [5.74, 6) is 0.542. The van der Waals surface area contributed by atoms with Crippen LogP contribution in [0.25, 0.3) is 0 Å². The van der Waals surface area contributed by atoms with E-state index in [2.05, 4.69) is 51.3 Å². The molecule has 2 rings (SSSR count). The van der Waals surface area contributed by atoms with Gasteiger partial charge in [-0.3, -0.25) is 0 Å². The monoisotopic (exact) mass is 386 g/mol. The highest BCUT2D eigenvalue weighted by Crippen LogP contribution is 2.25. The van der Waals surface area contributed by atoms with Crippen LogP contribution in [0.2, 0.25) is 0 Å². The smallest absolute Gasteiger partial charge is 0.392 e. The Labute approximate surface area is 165 Å². The van der Waals surface area contributed by atoms with E-state index in [1.54, 1.807) is 24.3 Å². The van der Waals surface area contributed by atoms with Crippen molar-refractivity contribution in [2.24, 2.45) is 0 Å². The van der Waals surface area contributed by atoms with Gasteiger partial charge in [0.1, 0.15) is 11.5 Å². The van der Waals surface area contributed by atoms with E-state index in [0.717, 1.165) is 11.1 Å². The van der Waals surface area contributed by atoms with E-state index in [4.69, 9.17) is 9.47 Å². The lowest BCUT2D eigenvalue weighted by molar-refractivity contribution is -0.203. The standard InChI is InChI=1S/C22H26O6/c1-21(2,3)15-7-11-17(12-8-15)25-19(23)27-28-20(24)26-18-13-9-16(10-14-18)22(4,5)6/h7-14H,1-6H3. The normalized spacial score (nSPS) is 11.5. The molecule has 0 aliphatic heterocycles. The zero-order chi connectivity index (χ0) is 20.9. The van der Waals surface area contributed by atoms with Gasteiger partial charge in [-0.15, -0.1) is 0 Å². The lowest BCUT2D eigenvalue weighted by Gasteiger charge is -2.19. The Morgan fingerprint density at radius 1 is 0.571 bits per heavy atom. The van der Waals surface area contributed by atoms with Gasteiger partial charge in [0.25, 0.3) is 0 Å². The van der Waals surface area contributed by atoms with Gasteiger partial charge in [0.05, 0.1) is 0 Å². The van der Waals surface area contributed by atoms with Crippen molar-refractivity contribution in [1.82, 2.24) is 0 Å². The van der Waals surface area contributed by atoms with Crippen molar-refractivity contribution < 1.29 is 28.8 Å². The molecule has 0 unspecified atom stereocenters. The first-order valence-corrected chi connectivity index (χ1v) is 8.94. The predicted octanol–water partition coefficient (Wildman–Crippen LogP) is 5.93. The number of hydrogen-bond acceptors (Lipinski definition) is 6. The summed E-state index contributed by atoms with van der Waals surface area (Å²) in [5, 5.41) is 0. The largest absolute Gasteiger partial charge is 0.555 e. The molecular weight excluding hydrogens is 360 g/mol. The van der Waals surface area contributed by atoms with Crippen LogP contribution in [-0.4, -0.2) is 12.3 Å². The average molecular weight is 386 g/mol. The zero-order valence-electron chi connectivity index (χ0n) is 17.1. The number of rotatable bonds is 2. The van der Waals surface area contributed by atoms with Crippen LogP contribution in [0, 0.1) is 0 Å². The maximum absolute atomic E-state index is 11.6. The van der Waals surface area contributed by atoms with Gasteiger partial charge < -0.3 is 9.47 Å². The second-order valence-corrected chi connectivity index (χ2v) is 8.42. The van der Waals surface area contributed by atoms with Crippen molar-refractivity contribution in [3.63, 3.8) is 0 Å². The Bertz CT molecular complexity index is 737. The molecule has 0 heterocycles. The first-order valence-electron chi connectivity index (χ1n) is 8.94. The summed E-state index contributed by atoms with van der Waals surface area (Å²) in [5.41, 5.74) is 2.14. The van der Waals surface area contributed by atoms with Gasteiger partial charge in [0.2, 0.25) is 0 Å². The molecule has 150 valence electrons. The predicted molar refractivity (Wildman–Crippen MR) is 105 cm³/mol. The summed E-state index contributed by atoms with van der Waals surface area (Å²) in [6.45, 7) is 12.5. The second-order valence-electron chi connectivity index (χ2n) is 8.42. The summed E-state index contributed by atoms with van der Waals surface area (Å²) in [4.78, 5) is 31.9. The molecule has 0 aromatic heterocycles. The minimum atomic E-state index is -1.18. The van der Waals surface area contributed by atoms with Crippen LogP contribution in [-0.2, 0) is 20.6 Å². The summed E-state index contributed by atoms with van der Waals surface area (Å²) in [6.07, 6.45) is -2.35. The lowest BCUT2D eigenvalue weighted by Crippen LogP contribution is -2.17. The van der Waals surface area contributed by atoms with Gasteiger partial charge in [-0.05, 0) is 46.2 Å². The van der Waals surface area contributed by atoms with Crippen molar-refractivity contribution in [3.05, 3.63) is 59.7 Å². The molecule has 0 saturated carbocycles. The molecule has 0 aliphatic rings. The molecule has 6 heteroatoms. The van der Waals surface area contributed by atoms with Crippen LogP contribution in [0.1, 0.15) is 52.7 Å². The first-order chi connectivity index (χ1) is 12.9. The maximum Gasteiger partial charge on any atom is 0.555 e. The molecule has 0 N–H and O–H groups in total. The quantitative estimate of drug-likeness (QED) is 0.276. The molecule has 2 aromatic carbocycles. The van der Waals surface area contributed by atoms with E-state index < -0.39 is 12.3 Å². The van der Waals surface area contributed by atoms with Crippen molar-refractivity contribution in [2.75, 3.05) is 0 Å². The van der Waals surface area contributed by atoms with Crippen LogP contribution in [0.3, 0.4) is 0 Å². The van der Waals surface area contributed by atoms with Crippen LogP contribution < -0.4 is 9.47 Å². The maximum atomic E-state index is 11.6. The highest BCUT2D eigenvalue weighted by molar-refractivity contribution is 5.67. The molecule has 0 atom stereocenters. The Kier molecular flexibility index (Phi) is 6.33. The van der Waals surface area contributed by atoms with Crippen molar-refractivity contribution in [3.8, 4) is 11.5 Å². The SMILES string of the molecule is CC(C)(C)c1ccc(OC(=O)OOC(=O)Oc2ccc(C(C)(C)C)cc2)cc1. The van der Waals surface area contributed by atoms with Crippen LogP contribution in [0.5, 0.6) is 11.5 Å². The molecule has 0 fully saturated rings. The second kappa shape index (κ2) is 8.33. The third kappa shape index (κ3) is 6.30. The van der Waals surface area contributed by atoms with Crippen molar-refractivity contribution in [1.29, 1.82) is 0 Å². The van der Waals surface area contributed by atoms with E-state index in [-0.39, 0.29) is 22.3 Å². The highest BCUT2D eigenvalue weighted by atomic mass is 17.3. The molecule has 28 heavy (non-hydrogen) atoms. The van der Waals surface area contributed by atoms with Crippen LogP contribution >= 0.6 is 0 Å². The van der Waals surface area contributed by atoms with Gasteiger partial charge >= 0.3 is 12.3 Å². The van der Waals surface area contributed by atoms with E-state index in [9.17, 15) is 9.59 Å². The Morgan fingerprint density at radius 2 is 0.857 bits per heavy atom. The molecular formula is C22H26O6. The number of carbonyl (C=O) groups is 2. The Balaban J connectivity index is 1.81. The summed E-state index contributed by atoms with van der Waals surface area (Å²) in [6, 6.07) is 13.9. The fourth-order valence-electron chi connectivity index (χ4n) is 2.34. The lowest BCUT2D eigenvalue weighted by atomic mass is 9.87. The van der Waals surface area contributed by atoms with Crippen molar-refractivity contribution in [2.45, 2.75) is 52.4 Å². The molecule has 0 aliphatic carbocycles. The van der Waals surface area contributed by atoms with Crippen molar-refractivity contribution >= 4 is 12.3 Å². The number of hydrogen-bond donors (Lipinski definition) is 0. The Morgan fingerprint density at radius 3 is 1.11 bits per heavy atom. The molecule has 0 saturated heterocycles. The van der Waals surface area contributed by atoms with Crippen LogP contribution in [0.4, 0.5) is 9.59 Å². The first kappa shape index (κ1) is 21.3. The van der Waals surface area contributed by atoms with Gasteiger partial charge in [0.15, 0.2) is 0 Å². The number of benzene rings is 2. The molecule has 0 spiro atoms. The van der Waals surface area contributed by atoms with E-state index in [0.29, 0.717) is 0 Å². The van der Waals surface area contributed by atoms with E-state index >= 15 is 0 Å². The summed E-state index contributed by atoms with van der Waals surface area (Å²) >= 11 is 0. The molecule has 0 amide bonds. The van der Waals surface area contributed by atoms with E-state index in [1.165, 1.54) is 0 Å². The molecule has 2 aromatic rings. The molecule has 0 radical (unpaired) electrons. The van der Waals surface area contributed by atoms with Crippen LogP contribution in [0.15, 0.2) is 48.5 Å². The third-order valence-electron chi connectivity index (χ3n) is 4.02. The summed E-state index contributed by atoms with van der Waals surface area (Å²) in [7, 11) is 0. The van der Waals surface area contributed by atoms with Gasteiger partial charge in [-0.25, -0.2) is 0 Å². The molecule has 6 nitrogen and oxygen atoms in total. The van der Waals surface area contributed by atoms with Gasteiger partial charge in [0, 0.05) is 0 Å². The zero-order valence-corrected chi connectivity index (χ0v) is 17.1. The fourth-order valence-corrected chi connectivity index (χ4v) is 2.34. The minimum Gasteiger partial charge on any atom is -0.392 e. The highest BCUT2D eigenvalue weighted by Gasteiger charge is 2.17. The fraction of sp³-hybridized carbons (Fsp3) is 0.364. The average Bonchev–Trinajstić information content (AvgIpc) is 2.59. The Hall–Kier alpha value is -3.02. The molecule has 0 bridgehead atoms. The number of carbonyl (C=O) groups excluding carboxylic acids is 2. The van der Waals surface area contributed by atoms with Gasteiger partial charge in [-0.2, -0.15) is 19.4 Å². The third-order valence-corrected chi connectivity index (χ3v) is 4.02. The topological polar surface area (TPSA) is 71.1 Å². The summed E-state index contributed by atoms with van der Waals surface area (Å²) < 4.78 is 9.88. The van der Waals surface area contributed by atoms with E-state index in [1.807, 2.05) is 24.3 Å². The number of ether oxygens (including phenoxy) is 2.